The normalized spacial score (nSPS) is 7.47. The first-order valence-corrected chi connectivity index (χ1v) is 10.9. The summed E-state index contributed by atoms with van der Waals surface area (Å²) in [7, 11) is 0. The van der Waals surface area contributed by atoms with Gasteiger partial charge in [0.2, 0.25) is 0 Å². The third-order valence-corrected chi connectivity index (χ3v) is 0. The van der Waals surface area contributed by atoms with Crippen LogP contribution in [-0.2, 0) is 23.6 Å². The summed E-state index contributed by atoms with van der Waals surface area (Å²) in [5, 5.41) is 0. The minimum atomic E-state index is -3.81. The Morgan fingerprint density at radius 2 is 0.474 bits per heavy atom. The molecule has 19 heavy (non-hydrogen) atoms. The van der Waals surface area contributed by atoms with Gasteiger partial charge in [-0.3, -0.25) is 0 Å². The monoisotopic (exact) mass is 364 g/mol. The zero-order valence-electron chi connectivity index (χ0n) is 12.4. The fourth-order valence-corrected chi connectivity index (χ4v) is 0. The van der Waals surface area contributed by atoms with Crippen LogP contribution in [0.15, 0.2) is 0 Å². The van der Waals surface area contributed by atoms with Gasteiger partial charge in [-0.2, -0.15) is 0 Å². The zero-order chi connectivity index (χ0) is 17.0. The van der Waals surface area contributed by atoms with Gasteiger partial charge in [0, 0.05) is 0 Å². The van der Waals surface area contributed by atoms with Crippen LogP contribution in [0.4, 0.5) is 0 Å². The van der Waals surface area contributed by atoms with Gasteiger partial charge < -0.3 is 29.4 Å². The molecule has 0 aromatic heterocycles. The van der Waals surface area contributed by atoms with Gasteiger partial charge in [0.25, 0.3) is 0 Å². The van der Waals surface area contributed by atoms with Crippen LogP contribution < -0.4 is 0 Å². The molecule has 0 radical (unpaired) electrons. The molecule has 0 bridgehead atoms. The molecule has 6 nitrogen and oxygen atoms in total. The van der Waals surface area contributed by atoms with Crippen LogP contribution >= 0.6 is 13.4 Å². The van der Waals surface area contributed by atoms with Crippen molar-refractivity contribution in [3.8, 4) is 0 Å². The highest BCUT2D eigenvalue weighted by atomic mass is 32.5. The van der Waals surface area contributed by atoms with E-state index in [-0.39, 0.29) is 7.43 Å². The largest absolute Gasteiger partial charge is 0.325 e. The fraction of sp³-hybridized carbons (Fsp3) is 1.00. The van der Waals surface area contributed by atoms with E-state index in [0.29, 0.717) is 0 Å². The molecule has 0 aliphatic rings. The fourth-order valence-electron chi connectivity index (χ4n) is 0. The maximum absolute atomic E-state index is 7.56. The van der Waals surface area contributed by atoms with Crippen molar-refractivity contribution in [2.45, 2.75) is 62.8 Å². The van der Waals surface area contributed by atoms with E-state index in [1.807, 2.05) is 55.4 Å². The third kappa shape index (κ3) is 4940. The molecule has 0 heterocycles. The summed E-state index contributed by atoms with van der Waals surface area (Å²) in [5.41, 5.74) is 0. The van der Waals surface area contributed by atoms with Crippen molar-refractivity contribution in [3.05, 3.63) is 0 Å². The molecule has 0 aromatic carbocycles. The summed E-state index contributed by atoms with van der Waals surface area (Å²) in [6.07, 6.45) is 0. The van der Waals surface area contributed by atoms with Gasteiger partial charge in [0.1, 0.15) is 0 Å². The van der Waals surface area contributed by atoms with Gasteiger partial charge in [0.15, 0.2) is 0 Å². The molecular weight excluding hydrogens is 330 g/mol. The van der Waals surface area contributed by atoms with E-state index in [2.05, 4.69) is 23.6 Å². The maximum Gasteiger partial charge on any atom is 0.319 e. The molecule has 0 saturated heterocycles. The molecule has 10 heteroatoms. The Kier molecular flexibility index (Phi) is 82.0. The molecule has 0 aliphatic heterocycles. The Morgan fingerprint density at radius 3 is 0.474 bits per heavy atom. The van der Waals surface area contributed by atoms with Crippen LogP contribution in [0.1, 0.15) is 62.8 Å². The molecule has 0 spiro atoms. The van der Waals surface area contributed by atoms with Crippen molar-refractivity contribution in [3.63, 3.8) is 0 Å². The van der Waals surface area contributed by atoms with Crippen LogP contribution in [0, 0.1) is 0 Å². The second-order valence-electron chi connectivity index (χ2n) is 1.03. The number of rotatable bonds is 0. The van der Waals surface area contributed by atoms with Crippen LogP contribution in [0.3, 0.4) is 0 Å². The average molecular weight is 364 g/mol. The van der Waals surface area contributed by atoms with Crippen molar-refractivity contribution < 1.29 is 29.4 Å². The quantitative estimate of drug-likeness (QED) is 0.363. The summed E-state index contributed by atoms with van der Waals surface area (Å²) in [6.45, 7) is 8.39. The zero-order valence-corrected chi connectivity index (χ0v) is 15.8. The molecule has 0 fully saturated rings. The van der Waals surface area contributed by atoms with Crippen LogP contribution in [0.5, 0.6) is 0 Å². The molecule has 0 aliphatic carbocycles. The van der Waals surface area contributed by atoms with Crippen molar-refractivity contribution in [2.75, 3.05) is 0 Å². The van der Waals surface area contributed by atoms with Gasteiger partial charge in [-0.15, -0.1) is 0 Å². The van der Waals surface area contributed by atoms with Crippen LogP contribution in [-0.4, -0.2) is 29.4 Å². The van der Waals surface area contributed by atoms with Gasteiger partial charge in [0.05, 0.1) is 0 Å². The highest BCUT2D eigenvalue weighted by Gasteiger charge is 1.92. The van der Waals surface area contributed by atoms with Crippen molar-refractivity contribution in [1.82, 2.24) is 0 Å². The summed E-state index contributed by atoms with van der Waals surface area (Å²) in [6, 6.07) is 0. The van der Waals surface area contributed by atoms with E-state index in [0.717, 1.165) is 0 Å². The predicted octanol–water partition coefficient (Wildman–Crippen LogP) is 3.12. The molecule has 0 atom stereocenters. The lowest BCUT2D eigenvalue weighted by Gasteiger charge is -1.88. The van der Waals surface area contributed by atoms with Crippen LogP contribution in [0.2, 0.25) is 0 Å². The Labute approximate surface area is 129 Å². The third-order valence-electron chi connectivity index (χ3n) is 0. The van der Waals surface area contributed by atoms with Crippen molar-refractivity contribution in [1.29, 1.82) is 0 Å². The average Bonchev–Trinajstić information content (AvgIpc) is 2.24. The molecule has 0 aromatic rings. The topological polar surface area (TPSA) is 121 Å². The van der Waals surface area contributed by atoms with Gasteiger partial charge in [-0.05, 0) is 23.6 Å². The SMILES string of the molecule is C.CC.CC.CC.CC.OP(O)(O)=S.OP(O)(O)=S. The van der Waals surface area contributed by atoms with Gasteiger partial charge in [-0.25, -0.2) is 0 Å². The van der Waals surface area contributed by atoms with E-state index in [9.17, 15) is 0 Å². The highest BCUT2D eigenvalue weighted by Crippen LogP contribution is 2.26. The Bertz CT molecular complexity index is 145. The van der Waals surface area contributed by atoms with E-state index in [1.54, 1.807) is 0 Å². The van der Waals surface area contributed by atoms with E-state index in [4.69, 9.17) is 29.4 Å². The predicted molar refractivity (Wildman–Crippen MR) is 94.0 cm³/mol. The lowest BCUT2D eigenvalue weighted by atomic mass is 11.0. The Balaban J connectivity index is -0.0000000194. The first kappa shape index (κ1) is 42.7. The smallest absolute Gasteiger partial charge is 0.319 e. The molecule has 0 rings (SSSR count). The lowest BCUT2D eigenvalue weighted by Crippen LogP contribution is -1.65. The maximum atomic E-state index is 7.56. The standard InChI is InChI=1S/4C2H6.CH4.2H3O3PS/c4*1-2;;2*1-4(2,3)5/h4*1-2H3;1H4;2*(H3,1,2,3,5). The van der Waals surface area contributed by atoms with Crippen molar-refractivity contribution in [2.24, 2.45) is 0 Å². The molecule has 0 saturated carbocycles. The lowest BCUT2D eigenvalue weighted by molar-refractivity contribution is 0.361. The molecule has 0 amide bonds. The highest BCUT2D eigenvalue weighted by molar-refractivity contribution is 8.06. The van der Waals surface area contributed by atoms with Gasteiger partial charge >= 0.3 is 13.4 Å². The Hall–Kier alpha value is 1.06. The number of hydrogen-bond acceptors (Lipinski definition) is 2. The first-order valence-electron chi connectivity index (χ1n) is 5.57. The molecular formula is C9H34O6P2S2. The van der Waals surface area contributed by atoms with E-state index < -0.39 is 13.4 Å². The van der Waals surface area contributed by atoms with E-state index >= 15 is 0 Å². The summed E-state index contributed by atoms with van der Waals surface area (Å²) >= 11 is 7.21. The second-order valence-corrected chi connectivity index (χ2v) is 6.02. The molecule has 0 unspecified atom stereocenters. The number of hydrogen-bond donors (Lipinski definition) is 6. The molecule has 6 N–H and O–H groups in total. The summed E-state index contributed by atoms with van der Waals surface area (Å²) < 4.78 is 0. The second kappa shape index (κ2) is 36.4. The molecule has 128 valence electrons. The van der Waals surface area contributed by atoms with Crippen molar-refractivity contribution >= 4 is 37.1 Å². The van der Waals surface area contributed by atoms with Crippen LogP contribution in [0.25, 0.3) is 0 Å². The van der Waals surface area contributed by atoms with E-state index in [1.165, 1.54) is 0 Å². The Morgan fingerprint density at radius 1 is 0.474 bits per heavy atom. The minimum absolute atomic E-state index is 0. The summed E-state index contributed by atoms with van der Waals surface area (Å²) in [4.78, 5) is 45.3. The minimum Gasteiger partial charge on any atom is -0.325 e. The summed E-state index contributed by atoms with van der Waals surface area (Å²) in [5.74, 6) is 0. The first-order chi connectivity index (χ1) is 8.00. The van der Waals surface area contributed by atoms with Gasteiger partial charge in [-0.1, -0.05) is 62.8 Å².